The topological polar surface area (TPSA) is 51.0 Å². The SMILES string of the molecule is CCN(Cc1cccnc1)C(=O)c1ccc(-c2cnn(CC)c2)cc1. The number of carbonyl (C=O) groups is 1. The van der Waals surface area contributed by atoms with Crippen LogP contribution in [0.2, 0.25) is 0 Å². The summed E-state index contributed by atoms with van der Waals surface area (Å²) >= 11 is 0. The molecule has 5 nitrogen and oxygen atoms in total. The molecule has 0 N–H and O–H groups in total. The van der Waals surface area contributed by atoms with Gasteiger partial charge in [0, 0.05) is 49.4 Å². The van der Waals surface area contributed by atoms with Crippen LogP contribution in [-0.2, 0) is 13.1 Å². The lowest BCUT2D eigenvalue weighted by atomic mass is 10.1. The zero-order valence-electron chi connectivity index (χ0n) is 14.6. The third-order valence-electron chi connectivity index (χ3n) is 4.19. The molecule has 0 fully saturated rings. The molecule has 0 spiro atoms. The lowest BCUT2D eigenvalue weighted by molar-refractivity contribution is 0.0752. The Morgan fingerprint density at radius 3 is 2.48 bits per heavy atom. The minimum Gasteiger partial charge on any atom is -0.335 e. The van der Waals surface area contributed by atoms with Gasteiger partial charge in [-0.1, -0.05) is 18.2 Å². The van der Waals surface area contributed by atoms with Gasteiger partial charge in [-0.25, -0.2) is 0 Å². The van der Waals surface area contributed by atoms with Crippen molar-refractivity contribution in [1.82, 2.24) is 19.7 Å². The molecule has 5 heteroatoms. The fourth-order valence-electron chi connectivity index (χ4n) is 2.71. The number of pyridine rings is 1. The van der Waals surface area contributed by atoms with Crippen molar-refractivity contribution in [2.45, 2.75) is 26.9 Å². The quantitative estimate of drug-likeness (QED) is 0.692. The van der Waals surface area contributed by atoms with Crippen LogP contribution in [0.4, 0.5) is 0 Å². The van der Waals surface area contributed by atoms with Crippen LogP contribution in [0.25, 0.3) is 11.1 Å². The second-order valence-electron chi connectivity index (χ2n) is 5.84. The summed E-state index contributed by atoms with van der Waals surface area (Å²) in [4.78, 5) is 18.7. The monoisotopic (exact) mass is 334 g/mol. The number of rotatable bonds is 6. The van der Waals surface area contributed by atoms with Gasteiger partial charge in [-0.2, -0.15) is 5.10 Å². The Balaban J connectivity index is 1.74. The second-order valence-corrected chi connectivity index (χ2v) is 5.84. The first-order valence-corrected chi connectivity index (χ1v) is 8.52. The predicted octanol–water partition coefficient (Wildman–Crippen LogP) is 3.63. The first kappa shape index (κ1) is 16.9. The first-order valence-electron chi connectivity index (χ1n) is 8.52. The molecular weight excluding hydrogens is 312 g/mol. The number of amides is 1. The largest absolute Gasteiger partial charge is 0.335 e. The molecule has 0 aliphatic carbocycles. The van der Waals surface area contributed by atoms with Gasteiger partial charge in [0.25, 0.3) is 5.91 Å². The van der Waals surface area contributed by atoms with Crippen LogP contribution in [0.3, 0.4) is 0 Å². The van der Waals surface area contributed by atoms with E-state index in [-0.39, 0.29) is 5.91 Å². The standard InChI is InChI=1S/C20H22N4O/c1-3-23(14-16-6-5-11-21-12-16)20(25)18-9-7-17(8-10-18)19-13-22-24(4-2)15-19/h5-13,15H,3-4,14H2,1-2H3. The Morgan fingerprint density at radius 1 is 1.08 bits per heavy atom. The fourth-order valence-corrected chi connectivity index (χ4v) is 2.71. The molecule has 0 bridgehead atoms. The number of nitrogens with zero attached hydrogens (tertiary/aromatic N) is 4. The minimum absolute atomic E-state index is 0.0298. The van der Waals surface area contributed by atoms with Gasteiger partial charge in [0.2, 0.25) is 0 Å². The van der Waals surface area contributed by atoms with Gasteiger partial charge in [0.15, 0.2) is 0 Å². The highest BCUT2D eigenvalue weighted by Gasteiger charge is 2.15. The van der Waals surface area contributed by atoms with E-state index in [1.54, 1.807) is 12.4 Å². The van der Waals surface area contributed by atoms with Crippen molar-refractivity contribution < 1.29 is 4.79 Å². The van der Waals surface area contributed by atoms with Gasteiger partial charge >= 0.3 is 0 Å². The van der Waals surface area contributed by atoms with E-state index >= 15 is 0 Å². The molecule has 3 rings (SSSR count). The minimum atomic E-state index is 0.0298. The Hall–Kier alpha value is -2.95. The molecule has 0 atom stereocenters. The lowest BCUT2D eigenvalue weighted by Crippen LogP contribution is -2.30. The Labute approximate surface area is 147 Å². The van der Waals surface area contributed by atoms with E-state index in [4.69, 9.17) is 0 Å². The summed E-state index contributed by atoms with van der Waals surface area (Å²) in [5, 5.41) is 4.29. The van der Waals surface area contributed by atoms with E-state index in [1.165, 1.54) is 0 Å². The number of hydrogen-bond donors (Lipinski definition) is 0. The number of carbonyl (C=O) groups excluding carboxylic acids is 1. The Kier molecular flexibility index (Phi) is 5.23. The van der Waals surface area contributed by atoms with Crippen molar-refractivity contribution in [3.8, 4) is 11.1 Å². The lowest BCUT2D eigenvalue weighted by Gasteiger charge is -2.21. The zero-order chi connectivity index (χ0) is 17.6. The number of benzene rings is 1. The van der Waals surface area contributed by atoms with E-state index in [0.29, 0.717) is 18.7 Å². The molecule has 0 saturated carbocycles. The third-order valence-corrected chi connectivity index (χ3v) is 4.19. The first-order chi connectivity index (χ1) is 12.2. The summed E-state index contributed by atoms with van der Waals surface area (Å²) in [7, 11) is 0. The van der Waals surface area contributed by atoms with E-state index in [0.717, 1.165) is 23.2 Å². The summed E-state index contributed by atoms with van der Waals surface area (Å²) < 4.78 is 1.89. The Morgan fingerprint density at radius 2 is 1.88 bits per heavy atom. The smallest absolute Gasteiger partial charge is 0.254 e. The van der Waals surface area contributed by atoms with Crippen LogP contribution < -0.4 is 0 Å². The summed E-state index contributed by atoms with van der Waals surface area (Å²) in [6.07, 6.45) is 7.39. The molecule has 3 aromatic rings. The maximum atomic E-state index is 12.8. The molecule has 25 heavy (non-hydrogen) atoms. The molecule has 0 radical (unpaired) electrons. The van der Waals surface area contributed by atoms with Crippen molar-refractivity contribution in [1.29, 1.82) is 0 Å². The fraction of sp³-hybridized carbons (Fsp3) is 0.250. The Bertz CT molecular complexity index is 824. The number of aryl methyl sites for hydroxylation is 1. The van der Waals surface area contributed by atoms with Crippen LogP contribution in [0.5, 0.6) is 0 Å². The highest BCUT2D eigenvalue weighted by atomic mass is 16.2. The van der Waals surface area contributed by atoms with Gasteiger partial charge in [-0.3, -0.25) is 14.5 Å². The summed E-state index contributed by atoms with van der Waals surface area (Å²) in [5.41, 5.74) is 3.84. The summed E-state index contributed by atoms with van der Waals surface area (Å²) in [5.74, 6) is 0.0298. The second kappa shape index (κ2) is 7.75. The summed E-state index contributed by atoms with van der Waals surface area (Å²) in [6, 6.07) is 11.6. The molecule has 128 valence electrons. The van der Waals surface area contributed by atoms with Crippen molar-refractivity contribution in [3.63, 3.8) is 0 Å². The van der Waals surface area contributed by atoms with E-state index < -0.39 is 0 Å². The van der Waals surface area contributed by atoms with Crippen LogP contribution >= 0.6 is 0 Å². The molecule has 2 aromatic heterocycles. The van der Waals surface area contributed by atoms with Crippen molar-refractivity contribution in [2.24, 2.45) is 0 Å². The molecule has 1 amide bonds. The van der Waals surface area contributed by atoms with Crippen molar-refractivity contribution in [2.75, 3.05) is 6.54 Å². The van der Waals surface area contributed by atoms with Gasteiger partial charge in [0.05, 0.1) is 6.20 Å². The molecular formula is C20H22N4O. The van der Waals surface area contributed by atoms with Crippen molar-refractivity contribution in [3.05, 3.63) is 72.3 Å². The normalized spacial score (nSPS) is 10.6. The molecule has 0 aliphatic heterocycles. The highest BCUT2D eigenvalue weighted by Crippen LogP contribution is 2.20. The molecule has 0 aliphatic rings. The van der Waals surface area contributed by atoms with Gasteiger partial charge in [-0.15, -0.1) is 0 Å². The maximum Gasteiger partial charge on any atom is 0.254 e. The van der Waals surface area contributed by atoms with Gasteiger partial charge in [-0.05, 0) is 43.2 Å². The van der Waals surface area contributed by atoms with Crippen molar-refractivity contribution >= 4 is 5.91 Å². The molecule has 0 saturated heterocycles. The molecule has 2 heterocycles. The maximum absolute atomic E-state index is 12.8. The summed E-state index contributed by atoms with van der Waals surface area (Å²) in [6.45, 7) is 6.10. The number of aromatic nitrogens is 3. The third kappa shape index (κ3) is 3.94. The molecule has 0 unspecified atom stereocenters. The number of hydrogen-bond acceptors (Lipinski definition) is 3. The van der Waals surface area contributed by atoms with Crippen LogP contribution in [0.15, 0.2) is 61.2 Å². The van der Waals surface area contributed by atoms with Crippen LogP contribution in [0, 0.1) is 0 Å². The van der Waals surface area contributed by atoms with Gasteiger partial charge < -0.3 is 4.90 Å². The average molecular weight is 334 g/mol. The predicted molar refractivity (Wildman–Crippen MR) is 98.0 cm³/mol. The van der Waals surface area contributed by atoms with Gasteiger partial charge in [0.1, 0.15) is 0 Å². The van der Waals surface area contributed by atoms with E-state index in [9.17, 15) is 4.79 Å². The zero-order valence-corrected chi connectivity index (χ0v) is 14.6. The van der Waals surface area contributed by atoms with Crippen LogP contribution in [-0.4, -0.2) is 32.1 Å². The average Bonchev–Trinajstić information content (AvgIpc) is 3.16. The molecule has 1 aromatic carbocycles. The van der Waals surface area contributed by atoms with E-state index in [2.05, 4.69) is 17.0 Å². The van der Waals surface area contributed by atoms with E-state index in [1.807, 2.05) is 65.3 Å². The highest BCUT2D eigenvalue weighted by molar-refractivity contribution is 5.94. The van der Waals surface area contributed by atoms with Crippen LogP contribution in [0.1, 0.15) is 29.8 Å².